The van der Waals surface area contributed by atoms with Gasteiger partial charge in [0.05, 0.1) is 13.2 Å². The van der Waals surface area contributed by atoms with E-state index < -0.39 is 0 Å². The van der Waals surface area contributed by atoms with Gasteiger partial charge in [-0.15, -0.1) is 0 Å². The Morgan fingerprint density at radius 3 is 2.61 bits per heavy atom. The van der Waals surface area contributed by atoms with Gasteiger partial charge in [-0.05, 0) is 43.2 Å². The third-order valence-corrected chi connectivity index (χ3v) is 3.76. The normalized spacial score (nSPS) is 12.0. The molecule has 0 saturated heterocycles. The predicted octanol–water partition coefficient (Wildman–Crippen LogP) is 2.03. The van der Waals surface area contributed by atoms with Crippen molar-refractivity contribution in [3.63, 3.8) is 0 Å². The third kappa shape index (κ3) is 5.27. The Morgan fingerprint density at radius 1 is 1.13 bits per heavy atom. The number of benzene rings is 2. The molecule has 4 heteroatoms. The van der Waals surface area contributed by atoms with E-state index in [0.29, 0.717) is 13.2 Å². The lowest BCUT2D eigenvalue weighted by atomic mass is 10.1. The maximum absolute atomic E-state index is 9.30. The highest BCUT2D eigenvalue weighted by Gasteiger charge is 2.08. The molecule has 0 aliphatic carbocycles. The largest absolute Gasteiger partial charge is 0.493 e. The Balaban J connectivity index is 2.00. The van der Waals surface area contributed by atoms with Gasteiger partial charge < -0.3 is 19.9 Å². The Labute approximate surface area is 138 Å². The van der Waals surface area contributed by atoms with Gasteiger partial charge in [0.25, 0.3) is 0 Å². The lowest BCUT2D eigenvalue weighted by Crippen LogP contribution is -2.84. The molecule has 1 atom stereocenters. The van der Waals surface area contributed by atoms with E-state index in [1.165, 1.54) is 11.1 Å². The van der Waals surface area contributed by atoms with Crippen molar-refractivity contribution in [1.82, 2.24) is 0 Å². The first-order chi connectivity index (χ1) is 11.1. The molecule has 0 aliphatic rings. The molecule has 23 heavy (non-hydrogen) atoms. The van der Waals surface area contributed by atoms with Gasteiger partial charge in [0.2, 0.25) is 0 Å². The van der Waals surface area contributed by atoms with Crippen molar-refractivity contribution in [2.24, 2.45) is 0 Å². The van der Waals surface area contributed by atoms with Gasteiger partial charge in [-0.2, -0.15) is 0 Å². The summed E-state index contributed by atoms with van der Waals surface area (Å²) in [6, 6.07) is 14.2. The number of rotatable bonds is 8. The zero-order chi connectivity index (χ0) is 16.7. The number of aliphatic hydroxyl groups is 1. The second kappa shape index (κ2) is 8.56. The molecule has 0 aromatic heterocycles. The van der Waals surface area contributed by atoms with Crippen molar-refractivity contribution < 1.29 is 19.9 Å². The molecule has 0 heterocycles. The standard InChI is InChI=1S/C19H25NO3/c1-14-6-4-5-7-17(14)13-23-18-9-8-16(10-19(18)22-3)12-20-11-15(2)21/h4-10,15,20-21H,11-13H2,1-3H3/p+1/t15-/m0/s1. The van der Waals surface area contributed by atoms with Gasteiger partial charge in [-0.3, -0.25) is 0 Å². The molecular formula is C19H26NO3+. The molecule has 4 nitrogen and oxygen atoms in total. The molecule has 0 aliphatic heterocycles. The van der Waals surface area contributed by atoms with Gasteiger partial charge in [0, 0.05) is 5.56 Å². The van der Waals surface area contributed by atoms with E-state index in [0.717, 1.165) is 23.6 Å². The molecule has 0 radical (unpaired) electrons. The SMILES string of the molecule is COc1cc(C[NH2+]C[C@H](C)O)ccc1OCc1ccccc1C. The van der Waals surface area contributed by atoms with Crippen molar-refractivity contribution in [3.8, 4) is 11.5 Å². The monoisotopic (exact) mass is 316 g/mol. The highest BCUT2D eigenvalue weighted by atomic mass is 16.5. The highest BCUT2D eigenvalue weighted by Crippen LogP contribution is 2.28. The average molecular weight is 316 g/mol. The van der Waals surface area contributed by atoms with E-state index in [9.17, 15) is 5.11 Å². The summed E-state index contributed by atoms with van der Waals surface area (Å²) in [7, 11) is 1.65. The van der Waals surface area contributed by atoms with Crippen LogP contribution in [-0.2, 0) is 13.2 Å². The molecule has 2 aromatic carbocycles. The van der Waals surface area contributed by atoms with Gasteiger partial charge in [0.15, 0.2) is 11.5 Å². The Morgan fingerprint density at radius 2 is 1.91 bits per heavy atom. The van der Waals surface area contributed by atoms with E-state index in [4.69, 9.17) is 9.47 Å². The minimum absolute atomic E-state index is 0.298. The van der Waals surface area contributed by atoms with Crippen LogP contribution in [0.2, 0.25) is 0 Å². The van der Waals surface area contributed by atoms with Crippen LogP contribution in [0.5, 0.6) is 11.5 Å². The summed E-state index contributed by atoms with van der Waals surface area (Å²) >= 11 is 0. The van der Waals surface area contributed by atoms with Crippen molar-refractivity contribution in [2.45, 2.75) is 33.1 Å². The summed E-state index contributed by atoms with van der Waals surface area (Å²) < 4.78 is 11.4. The van der Waals surface area contributed by atoms with E-state index in [1.807, 2.05) is 30.3 Å². The third-order valence-electron chi connectivity index (χ3n) is 3.76. The molecule has 0 spiro atoms. The molecule has 2 aromatic rings. The molecule has 124 valence electrons. The molecular weight excluding hydrogens is 290 g/mol. The van der Waals surface area contributed by atoms with Gasteiger partial charge in [-0.25, -0.2) is 0 Å². The fourth-order valence-electron chi connectivity index (χ4n) is 2.38. The maximum atomic E-state index is 9.30. The second-order valence-electron chi connectivity index (χ2n) is 5.78. The number of hydrogen-bond acceptors (Lipinski definition) is 3. The van der Waals surface area contributed by atoms with Crippen LogP contribution in [0.15, 0.2) is 42.5 Å². The second-order valence-corrected chi connectivity index (χ2v) is 5.78. The Kier molecular flexibility index (Phi) is 6.44. The van der Waals surface area contributed by atoms with Gasteiger partial charge >= 0.3 is 0 Å². The van der Waals surface area contributed by atoms with Gasteiger partial charge in [-0.1, -0.05) is 24.3 Å². The number of nitrogens with two attached hydrogens (primary N) is 1. The fraction of sp³-hybridized carbons (Fsp3) is 0.368. The topological polar surface area (TPSA) is 55.3 Å². The quantitative estimate of drug-likeness (QED) is 0.783. The lowest BCUT2D eigenvalue weighted by molar-refractivity contribution is -0.676. The van der Waals surface area contributed by atoms with Crippen molar-refractivity contribution in [3.05, 3.63) is 59.2 Å². The van der Waals surface area contributed by atoms with E-state index in [-0.39, 0.29) is 6.10 Å². The van der Waals surface area contributed by atoms with Crippen molar-refractivity contribution in [1.29, 1.82) is 0 Å². The smallest absolute Gasteiger partial charge is 0.161 e. The first kappa shape index (κ1) is 17.3. The van der Waals surface area contributed by atoms with Crippen LogP contribution in [0.4, 0.5) is 0 Å². The Hall–Kier alpha value is -2.04. The number of hydrogen-bond donors (Lipinski definition) is 2. The van der Waals surface area contributed by atoms with Crippen LogP contribution < -0.4 is 14.8 Å². The van der Waals surface area contributed by atoms with Crippen LogP contribution in [-0.4, -0.2) is 24.9 Å². The summed E-state index contributed by atoms with van der Waals surface area (Å²) in [6.07, 6.45) is -0.298. The van der Waals surface area contributed by atoms with E-state index in [2.05, 4.69) is 24.4 Å². The molecule has 3 N–H and O–H groups in total. The molecule has 0 saturated carbocycles. The molecule has 0 amide bonds. The average Bonchev–Trinajstić information content (AvgIpc) is 2.54. The predicted molar refractivity (Wildman–Crippen MR) is 90.7 cm³/mol. The number of quaternary nitrogens is 1. The summed E-state index contributed by atoms with van der Waals surface area (Å²) in [5.41, 5.74) is 3.53. The molecule has 0 fully saturated rings. The fourth-order valence-corrected chi connectivity index (χ4v) is 2.38. The molecule has 0 unspecified atom stereocenters. The Bertz CT molecular complexity index is 626. The molecule has 2 rings (SSSR count). The number of methoxy groups -OCH3 is 1. The minimum atomic E-state index is -0.298. The van der Waals surface area contributed by atoms with Crippen LogP contribution in [0, 0.1) is 6.92 Å². The van der Waals surface area contributed by atoms with Crippen LogP contribution in [0.3, 0.4) is 0 Å². The van der Waals surface area contributed by atoms with Crippen molar-refractivity contribution in [2.75, 3.05) is 13.7 Å². The highest BCUT2D eigenvalue weighted by molar-refractivity contribution is 5.43. The summed E-state index contributed by atoms with van der Waals surface area (Å²) in [5.74, 6) is 1.48. The zero-order valence-corrected chi connectivity index (χ0v) is 14.1. The maximum Gasteiger partial charge on any atom is 0.161 e. The van der Waals surface area contributed by atoms with Gasteiger partial charge in [0.1, 0.15) is 19.7 Å². The molecule has 0 bridgehead atoms. The zero-order valence-electron chi connectivity index (χ0n) is 14.1. The van der Waals surface area contributed by atoms with Crippen LogP contribution >= 0.6 is 0 Å². The van der Waals surface area contributed by atoms with Crippen LogP contribution in [0.25, 0.3) is 0 Å². The summed E-state index contributed by atoms with van der Waals surface area (Å²) in [6.45, 7) is 5.89. The first-order valence-corrected chi connectivity index (χ1v) is 7.94. The van der Waals surface area contributed by atoms with Crippen LogP contribution in [0.1, 0.15) is 23.6 Å². The van der Waals surface area contributed by atoms with Crippen molar-refractivity contribution >= 4 is 0 Å². The number of aliphatic hydroxyl groups excluding tert-OH is 1. The van der Waals surface area contributed by atoms with E-state index in [1.54, 1.807) is 14.0 Å². The summed E-state index contributed by atoms with van der Waals surface area (Å²) in [4.78, 5) is 0. The van der Waals surface area contributed by atoms with E-state index >= 15 is 0 Å². The lowest BCUT2D eigenvalue weighted by Gasteiger charge is -2.13. The minimum Gasteiger partial charge on any atom is -0.493 e. The number of aryl methyl sites for hydroxylation is 1. The summed E-state index contributed by atoms with van der Waals surface area (Å²) in [5, 5.41) is 11.4. The first-order valence-electron chi connectivity index (χ1n) is 7.94. The number of ether oxygens (including phenoxy) is 2.